The Balaban J connectivity index is 0.000000192. The number of nitriles is 1. The molecule has 2 aromatic carbocycles. The second kappa shape index (κ2) is 12.6. The minimum Gasteiger partial charge on any atom is -0.497 e. The zero-order chi connectivity index (χ0) is 24.6. The topological polar surface area (TPSA) is 70.4 Å². The van der Waals surface area contributed by atoms with E-state index in [0.717, 1.165) is 35.9 Å². The number of nitrogens with zero attached hydrogens (tertiary/aromatic N) is 2. The van der Waals surface area contributed by atoms with Gasteiger partial charge in [0.1, 0.15) is 15.6 Å². The van der Waals surface area contributed by atoms with E-state index in [2.05, 4.69) is 17.0 Å². The molecule has 0 amide bonds. The molecule has 1 atom stereocenters. The Labute approximate surface area is 210 Å². The number of hydrogen-bond acceptors (Lipinski definition) is 5. The monoisotopic (exact) mass is 499 g/mol. The Morgan fingerprint density at radius 1 is 1.21 bits per heavy atom. The van der Waals surface area contributed by atoms with E-state index in [1.54, 1.807) is 13.2 Å². The van der Waals surface area contributed by atoms with Gasteiger partial charge in [0.2, 0.25) is 0 Å². The SMILES string of the molecule is COc1ccc([B]CCCS(C)(=O)=O)cc1.N#Cc1cc(Cl)cc2c1CCC(N1CCCC1)C2. The molecule has 1 unspecified atom stereocenters. The number of likely N-dealkylation sites (tertiary alicyclic amines) is 1. The van der Waals surface area contributed by atoms with E-state index in [0.29, 0.717) is 17.5 Å². The molecule has 4 rings (SSSR count). The average molecular weight is 500 g/mol. The van der Waals surface area contributed by atoms with Gasteiger partial charge in [-0.1, -0.05) is 35.5 Å². The molecule has 1 aliphatic heterocycles. The molecule has 1 fully saturated rings. The minimum absolute atomic E-state index is 0.250. The van der Waals surface area contributed by atoms with Crippen molar-refractivity contribution >= 4 is 34.2 Å². The molecule has 1 saturated heterocycles. The number of fused-ring (bicyclic) bond motifs is 1. The Kier molecular flexibility index (Phi) is 9.88. The first kappa shape index (κ1) is 26.6. The van der Waals surface area contributed by atoms with Gasteiger partial charge in [-0.2, -0.15) is 5.26 Å². The van der Waals surface area contributed by atoms with E-state index in [4.69, 9.17) is 16.3 Å². The molecule has 5 nitrogen and oxygen atoms in total. The maximum absolute atomic E-state index is 10.9. The predicted octanol–water partition coefficient (Wildman–Crippen LogP) is 4.04. The third-order valence-electron chi connectivity index (χ3n) is 6.48. The Morgan fingerprint density at radius 3 is 2.53 bits per heavy atom. The van der Waals surface area contributed by atoms with E-state index in [9.17, 15) is 13.7 Å². The summed E-state index contributed by atoms with van der Waals surface area (Å²) in [4.78, 5) is 2.61. The summed E-state index contributed by atoms with van der Waals surface area (Å²) < 4.78 is 26.8. The van der Waals surface area contributed by atoms with Crippen molar-refractivity contribution in [1.29, 1.82) is 5.26 Å². The van der Waals surface area contributed by atoms with Crippen molar-refractivity contribution in [2.24, 2.45) is 0 Å². The first-order chi connectivity index (χ1) is 16.3. The minimum atomic E-state index is -2.83. The number of sulfone groups is 1. The van der Waals surface area contributed by atoms with Crippen molar-refractivity contribution in [2.75, 3.05) is 32.2 Å². The average Bonchev–Trinajstić information content (AvgIpc) is 3.36. The molecular weight excluding hydrogens is 467 g/mol. The van der Waals surface area contributed by atoms with E-state index >= 15 is 0 Å². The van der Waals surface area contributed by atoms with Crippen molar-refractivity contribution < 1.29 is 13.2 Å². The first-order valence-electron chi connectivity index (χ1n) is 11.9. The van der Waals surface area contributed by atoms with Crippen LogP contribution in [0.1, 0.15) is 42.4 Å². The molecule has 8 heteroatoms. The van der Waals surface area contributed by atoms with Gasteiger partial charge in [-0.15, -0.1) is 0 Å². The second-order valence-electron chi connectivity index (χ2n) is 9.09. The fraction of sp³-hybridized carbons (Fsp3) is 0.500. The molecule has 1 radical (unpaired) electrons. The maximum Gasteiger partial charge on any atom is 0.151 e. The van der Waals surface area contributed by atoms with Crippen LogP contribution >= 0.6 is 11.6 Å². The highest BCUT2D eigenvalue weighted by Gasteiger charge is 2.27. The van der Waals surface area contributed by atoms with Crippen molar-refractivity contribution in [3.05, 3.63) is 58.1 Å². The zero-order valence-electron chi connectivity index (χ0n) is 20.1. The van der Waals surface area contributed by atoms with Crippen molar-refractivity contribution in [3.8, 4) is 11.8 Å². The summed E-state index contributed by atoms with van der Waals surface area (Å²) in [5.74, 6) is 1.08. The third kappa shape index (κ3) is 8.04. The molecule has 0 bridgehead atoms. The summed E-state index contributed by atoms with van der Waals surface area (Å²) in [5, 5.41) is 9.88. The maximum atomic E-state index is 10.9. The highest BCUT2D eigenvalue weighted by molar-refractivity contribution is 7.90. The molecule has 2 aliphatic rings. The van der Waals surface area contributed by atoms with Gasteiger partial charge >= 0.3 is 0 Å². The molecule has 1 aliphatic carbocycles. The fourth-order valence-electron chi connectivity index (χ4n) is 4.71. The lowest BCUT2D eigenvalue weighted by Crippen LogP contribution is -2.37. The fourth-order valence-corrected chi connectivity index (χ4v) is 5.64. The Hall–Kier alpha value is -2.01. The quantitative estimate of drug-likeness (QED) is 0.425. The number of hydrogen-bond donors (Lipinski definition) is 0. The van der Waals surface area contributed by atoms with Crippen LogP contribution in [0.4, 0.5) is 0 Å². The number of ether oxygens (including phenoxy) is 1. The van der Waals surface area contributed by atoms with Gasteiger partial charge in [-0.05, 0) is 87.0 Å². The van der Waals surface area contributed by atoms with Gasteiger partial charge in [0.05, 0.1) is 18.7 Å². The van der Waals surface area contributed by atoms with E-state index in [-0.39, 0.29) is 5.75 Å². The summed E-state index contributed by atoms with van der Waals surface area (Å²) in [7, 11) is 0.833. The summed E-state index contributed by atoms with van der Waals surface area (Å²) >= 11 is 6.10. The smallest absolute Gasteiger partial charge is 0.151 e. The summed E-state index contributed by atoms with van der Waals surface area (Å²) in [6.45, 7) is 2.48. The van der Waals surface area contributed by atoms with Crippen LogP contribution in [0.15, 0.2) is 36.4 Å². The molecule has 0 saturated carbocycles. The van der Waals surface area contributed by atoms with Gasteiger partial charge in [-0.25, -0.2) is 8.42 Å². The van der Waals surface area contributed by atoms with Crippen LogP contribution in [-0.2, 0) is 22.7 Å². The molecule has 34 heavy (non-hydrogen) atoms. The number of benzene rings is 2. The van der Waals surface area contributed by atoms with Gasteiger partial charge in [-0.3, -0.25) is 0 Å². The second-order valence-corrected chi connectivity index (χ2v) is 11.8. The van der Waals surface area contributed by atoms with Crippen LogP contribution in [0.2, 0.25) is 11.3 Å². The van der Waals surface area contributed by atoms with Gasteiger partial charge in [0, 0.05) is 23.1 Å². The van der Waals surface area contributed by atoms with Crippen LogP contribution in [-0.4, -0.2) is 58.8 Å². The number of methoxy groups -OCH3 is 1. The standard InChI is InChI=1S/C15H17ClN2.C11H16BO3S/c16-13-7-11-9-14(18-5-1-2-6-18)3-4-15(11)12(8-13)10-17;1-15-11-6-4-10(5-7-11)12-8-3-9-16(2,13)14/h7-8,14H,1-6,9H2;4-7H,3,8-9H2,1-2H3. The molecular formula is C26H33BClN2O3S. The third-order valence-corrected chi connectivity index (χ3v) is 7.73. The lowest BCUT2D eigenvalue weighted by atomic mass is 9.66. The summed E-state index contributed by atoms with van der Waals surface area (Å²) in [6.07, 6.45) is 8.65. The van der Waals surface area contributed by atoms with E-state index in [1.165, 1.54) is 49.7 Å². The van der Waals surface area contributed by atoms with Crippen LogP contribution in [0.5, 0.6) is 5.75 Å². The van der Waals surface area contributed by atoms with Crippen LogP contribution in [0.3, 0.4) is 0 Å². The van der Waals surface area contributed by atoms with Crippen molar-refractivity contribution in [2.45, 2.75) is 50.9 Å². The van der Waals surface area contributed by atoms with Gasteiger partial charge < -0.3 is 9.64 Å². The van der Waals surface area contributed by atoms with Gasteiger partial charge in [0.15, 0.2) is 7.28 Å². The predicted molar refractivity (Wildman–Crippen MR) is 140 cm³/mol. The van der Waals surface area contributed by atoms with Crippen LogP contribution in [0, 0.1) is 11.3 Å². The summed E-state index contributed by atoms with van der Waals surface area (Å²) in [5.41, 5.74) is 4.39. The van der Waals surface area contributed by atoms with Crippen molar-refractivity contribution in [3.63, 3.8) is 0 Å². The zero-order valence-corrected chi connectivity index (χ0v) is 21.7. The first-order valence-corrected chi connectivity index (χ1v) is 14.3. The highest BCUT2D eigenvalue weighted by atomic mass is 35.5. The number of rotatable bonds is 7. The van der Waals surface area contributed by atoms with Crippen LogP contribution < -0.4 is 10.2 Å². The molecule has 2 aromatic rings. The van der Waals surface area contributed by atoms with E-state index in [1.807, 2.05) is 31.5 Å². The van der Waals surface area contributed by atoms with Gasteiger partial charge in [0.25, 0.3) is 0 Å². The molecule has 0 spiro atoms. The number of halogens is 1. The lowest BCUT2D eigenvalue weighted by Gasteiger charge is -2.32. The van der Waals surface area contributed by atoms with Crippen LogP contribution in [0.25, 0.3) is 0 Å². The normalized spacial score (nSPS) is 17.8. The lowest BCUT2D eigenvalue weighted by molar-refractivity contribution is 0.222. The molecule has 1 heterocycles. The Morgan fingerprint density at radius 2 is 1.91 bits per heavy atom. The Bertz CT molecular complexity index is 1090. The van der Waals surface area contributed by atoms with E-state index < -0.39 is 9.84 Å². The summed E-state index contributed by atoms with van der Waals surface area (Å²) in [6, 6.07) is 14.5. The largest absolute Gasteiger partial charge is 0.497 e. The molecule has 0 N–H and O–H groups in total. The molecule has 0 aromatic heterocycles. The molecule has 181 valence electrons. The highest BCUT2D eigenvalue weighted by Crippen LogP contribution is 2.31. The van der Waals surface area contributed by atoms with Crippen molar-refractivity contribution in [1.82, 2.24) is 4.90 Å².